The fourth-order valence-electron chi connectivity index (χ4n) is 2.76. The second-order valence-corrected chi connectivity index (χ2v) is 5.11. The van der Waals surface area contributed by atoms with Gasteiger partial charge in [-0.05, 0) is 24.8 Å². The summed E-state index contributed by atoms with van der Waals surface area (Å²) in [6.07, 6.45) is 8.72. The van der Waals surface area contributed by atoms with Crippen molar-refractivity contribution in [1.82, 2.24) is 5.32 Å². The summed E-state index contributed by atoms with van der Waals surface area (Å²) in [5.41, 5.74) is 0. The van der Waals surface area contributed by atoms with Gasteiger partial charge in [0.25, 0.3) is 0 Å². The van der Waals surface area contributed by atoms with Gasteiger partial charge in [-0.3, -0.25) is 0 Å². The maximum Gasteiger partial charge on any atom is 0.00103 e. The molecule has 1 N–H and O–H groups in total. The molecule has 1 aliphatic carbocycles. The van der Waals surface area contributed by atoms with Gasteiger partial charge in [-0.15, -0.1) is 0 Å². The lowest BCUT2D eigenvalue weighted by molar-refractivity contribution is 0.215. The van der Waals surface area contributed by atoms with Crippen molar-refractivity contribution in [3.05, 3.63) is 0 Å². The van der Waals surface area contributed by atoms with Crippen LogP contribution < -0.4 is 5.32 Å². The summed E-state index contributed by atoms with van der Waals surface area (Å²) in [5.74, 6) is 2.04. The van der Waals surface area contributed by atoms with Crippen LogP contribution in [-0.2, 0) is 0 Å². The normalized spacial score (nSPS) is 28.3. The fraction of sp³-hybridized carbons (Fsp3) is 1.00. The molecule has 14 heavy (non-hydrogen) atoms. The second-order valence-electron chi connectivity index (χ2n) is 5.11. The fourth-order valence-corrected chi connectivity index (χ4v) is 2.76. The highest BCUT2D eigenvalue weighted by Gasteiger charge is 2.22. The van der Waals surface area contributed by atoms with E-state index in [-0.39, 0.29) is 0 Å². The zero-order valence-electron chi connectivity index (χ0n) is 10.2. The summed E-state index contributed by atoms with van der Waals surface area (Å²) < 4.78 is 0. The van der Waals surface area contributed by atoms with Crippen molar-refractivity contribution in [2.45, 2.75) is 65.3 Å². The van der Waals surface area contributed by atoms with Crippen LogP contribution in [0.5, 0.6) is 0 Å². The maximum absolute atomic E-state index is 3.54. The summed E-state index contributed by atoms with van der Waals surface area (Å²) in [6, 6.07) is 0.652. The van der Waals surface area contributed by atoms with E-state index in [4.69, 9.17) is 0 Å². The third-order valence-corrected chi connectivity index (χ3v) is 3.66. The Morgan fingerprint density at radius 2 is 1.79 bits per heavy atom. The smallest absolute Gasteiger partial charge is 0.00103 e. The molecule has 0 spiro atoms. The van der Waals surface area contributed by atoms with E-state index in [0.717, 1.165) is 11.8 Å². The minimum Gasteiger partial charge on any atom is -0.315 e. The van der Waals surface area contributed by atoms with Gasteiger partial charge in [0.2, 0.25) is 0 Å². The highest BCUT2D eigenvalue weighted by molar-refractivity contribution is 4.75. The van der Waals surface area contributed by atoms with Crippen LogP contribution in [-0.4, -0.2) is 12.6 Å². The van der Waals surface area contributed by atoms with E-state index in [1.54, 1.807) is 0 Å². The Labute approximate surface area is 89.7 Å². The molecule has 0 heterocycles. The lowest BCUT2D eigenvalue weighted by Gasteiger charge is -2.31. The highest BCUT2D eigenvalue weighted by Crippen LogP contribution is 2.33. The quantitative estimate of drug-likeness (QED) is 0.710. The van der Waals surface area contributed by atoms with Gasteiger partial charge in [0.15, 0.2) is 0 Å². The van der Waals surface area contributed by atoms with Crippen molar-refractivity contribution < 1.29 is 0 Å². The summed E-state index contributed by atoms with van der Waals surface area (Å²) in [5, 5.41) is 3.54. The van der Waals surface area contributed by atoms with Crippen LogP contribution in [0.15, 0.2) is 0 Å². The van der Waals surface area contributed by atoms with Gasteiger partial charge in [-0.1, -0.05) is 52.9 Å². The Hall–Kier alpha value is -0.0400. The molecule has 84 valence electrons. The molecule has 1 saturated carbocycles. The van der Waals surface area contributed by atoms with E-state index < -0.39 is 0 Å². The number of hydrogen-bond acceptors (Lipinski definition) is 1. The molecule has 2 unspecified atom stereocenters. The van der Waals surface area contributed by atoms with Gasteiger partial charge in [0.1, 0.15) is 0 Å². The van der Waals surface area contributed by atoms with Crippen molar-refractivity contribution in [2.24, 2.45) is 11.8 Å². The third kappa shape index (κ3) is 4.00. The molecule has 1 heteroatoms. The topological polar surface area (TPSA) is 12.0 Å². The Kier molecular flexibility index (Phi) is 5.54. The first-order valence-corrected chi connectivity index (χ1v) is 6.47. The summed E-state index contributed by atoms with van der Waals surface area (Å²) >= 11 is 0. The maximum atomic E-state index is 3.54. The number of rotatable bonds is 5. The van der Waals surface area contributed by atoms with Gasteiger partial charge in [0, 0.05) is 6.04 Å². The average molecular weight is 197 g/mol. The molecule has 0 aromatic heterocycles. The molecule has 0 aromatic rings. The van der Waals surface area contributed by atoms with Gasteiger partial charge in [0.05, 0.1) is 0 Å². The zero-order valence-corrected chi connectivity index (χ0v) is 10.2. The molecule has 1 nitrogen and oxygen atoms in total. The number of nitrogens with one attached hydrogen (secondary N) is 1. The second kappa shape index (κ2) is 6.44. The summed E-state index contributed by atoms with van der Waals surface area (Å²) in [4.78, 5) is 0. The minimum absolute atomic E-state index is 0.652. The Morgan fingerprint density at radius 3 is 2.36 bits per heavy atom. The molecule has 1 fully saturated rings. The summed E-state index contributed by atoms with van der Waals surface area (Å²) in [7, 11) is 0. The monoisotopic (exact) mass is 197 g/mol. The number of hydrogen-bond donors (Lipinski definition) is 1. The van der Waals surface area contributed by atoms with Crippen LogP contribution >= 0.6 is 0 Å². The van der Waals surface area contributed by atoms with E-state index in [0.29, 0.717) is 6.04 Å². The Morgan fingerprint density at radius 1 is 1.14 bits per heavy atom. The zero-order chi connectivity index (χ0) is 10.4. The molecule has 0 aliphatic heterocycles. The molecule has 1 rings (SSSR count). The predicted molar refractivity (Wildman–Crippen MR) is 63.5 cm³/mol. The van der Waals surface area contributed by atoms with Crippen molar-refractivity contribution >= 4 is 0 Å². The van der Waals surface area contributed by atoms with Crippen molar-refractivity contribution in [3.8, 4) is 0 Å². The summed E-state index contributed by atoms with van der Waals surface area (Å²) in [6.45, 7) is 8.05. The molecule has 2 atom stereocenters. The van der Waals surface area contributed by atoms with Crippen LogP contribution in [0.3, 0.4) is 0 Å². The first kappa shape index (κ1) is 12.0. The van der Waals surface area contributed by atoms with E-state index in [1.165, 1.54) is 45.1 Å². The van der Waals surface area contributed by atoms with E-state index in [1.807, 2.05) is 0 Å². The van der Waals surface area contributed by atoms with Gasteiger partial charge < -0.3 is 5.32 Å². The molecule has 0 aromatic carbocycles. The SMILES string of the molecule is CCC1CCCCC1CCNC(C)C. The standard InChI is InChI=1S/C13H27N/c1-4-12-7-5-6-8-13(12)9-10-14-11(2)3/h11-14H,4-10H2,1-3H3. The van der Waals surface area contributed by atoms with Gasteiger partial charge in [-0.25, -0.2) is 0 Å². The molecule has 0 amide bonds. The largest absolute Gasteiger partial charge is 0.315 e. The third-order valence-electron chi connectivity index (χ3n) is 3.66. The predicted octanol–water partition coefficient (Wildman–Crippen LogP) is 3.59. The van der Waals surface area contributed by atoms with E-state index >= 15 is 0 Å². The van der Waals surface area contributed by atoms with Crippen LogP contribution in [0.1, 0.15) is 59.3 Å². The minimum atomic E-state index is 0.652. The van der Waals surface area contributed by atoms with Crippen LogP contribution in [0.4, 0.5) is 0 Å². The molecule has 1 aliphatic rings. The van der Waals surface area contributed by atoms with Crippen molar-refractivity contribution in [1.29, 1.82) is 0 Å². The first-order chi connectivity index (χ1) is 6.74. The molecular weight excluding hydrogens is 170 g/mol. The molecule has 0 radical (unpaired) electrons. The van der Waals surface area contributed by atoms with Gasteiger partial charge >= 0.3 is 0 Å². The van der Waals surface area contributed by atoms with Crippen molar-refractivity contribution in [2.75, 3.05) is 6.54 Å². The molecular formula is C13H27N. The first-order valence-electron chi connectivity index (χ1n) is 6.47. The van der Waals surface area contributed by atoms with E-state index in [2.05, 4.69) is 26.1 Å². The Bertz CT molecular complexity index is 142. The van der Waals surface area contributed by atoms with Crippen LogP contribution in [0.2, 0.25) is 0 Å². The Balaban J connectivity index is 2.19. The highest BCUT2D eigenvalue weighted by atomic mass is 14.9. The van der Waals surface area contributed by atoms with Crippen molar-refractivity contribution in [3.63, 3.8) is 0 Å². The van der Waals surface area contributed by atoms with Crippen LogP contribution in [0, 0.1) is 11.8 Å². The van der Waals surface area contributed by atoms with Crippen LogP contribution in [0.25, 0.3) is 0 Å². The van der Waals surface area contributed by atoms with Gasteiger partial charge in [-0.2, -0.15) is 0 Å². The molecule has 0 saturated heterocycles. The molecule has 0 bridgehead atoms. The lowest BCUT2D eigenvalue weighted by Crippen LogP contribution is -2.28. The average Bonchev–Trinajstić information content (AvgIpc) is 2.18. The van der Waals surface area contributed by atoms with E-state index in [9.17, 15) is 0 Å². The lowest BCUT2D eigenvalue weighted by atomic mass is 9.76.